The fourth-order valence-corrected chi connectivity index (χ4v) is 1.72. The van der Waals surface area contributed by atoms with Crippen LogP contribution in [0.1, 0.15) is 32.4 Å². The summed E-state index contributed by atoms with van der Waals surface area (Å²) in [4.78, 5) is 13.5. The maximum absolute atomic E-state index is 11.8. The molecule has 2 N–H and O–H groups in total. The van der Waals surface area contributed by atoms with Crippen molar-refractivity contribution >= 4 is 17.5 Å². The van der Waals surface area contributed by atoms with Gasteiger partial charge in [0.25, 0.3) is 5.91 Å². The minimum atomic E-state index is -0.202. The molecule has 106 valence electrons. The lowest BCUT2D eigenvalue weighted by Crippen LogP contribution is -2.36. The fourth-order valence-electron chi connectivity index (χ4n) is 1.54. The zero-order valence-electron chi connectivity index (χ0n) is 11.8. The monoisotopic (exact) mass is 284 g/mol. The van der Waals surface area contributed by atoms with E-state index in [1.807, 2.05) is 20.8 Å². The molecule has 0 saturated heterocycles. The standard InChI is InChI=1S/C14H21ClN2O2/c1-9(2)17(4)14(18)8-19-13-6-5-11(15)7-12(13)10(3)16/h5-7,9-10H,8,16H2,1-4H3/t10-/m0/s1. The third kappa shape index (κ3) is 4.40. The SMILES string of the molecule is CC(C)N(C)C(=O)COc1ccc(Cl)cc1[C@H](C)N. The third-order valence-corrected chi connectivity index (χ3v) is 3.22. The summed E-state index contributed by atoms with van der Waals surface area (Å²) in [5, 5.41) is 0.602. The van der Waals surface area contributed by atoms with Gasteiger partial charge in [0.15, 0.2) is 6.61 Å². The highest BCUT2D eigenvalue weighted by Gasteiger charge is 2.14. The number of likely N-dealkylation sites (N-methyl/N-ethyl adjacent to an activating group) is 1. The molecule has 1 atom stereocenters. The molecule has 1 aromatic carbocycles. The molecule has 0 radical (unpaired) electrons. The van der Waals surface area contributed by atoms with Crippen LogP contribution in [0.5, 0.6) is 5.75 Å². The summed E-state index contributed by atoms with van der Waals surface area (Å²) in [6, 6.07) is 5.17. The largest absolute Gasteiger partial charge is 0.483 e. The van der Waals surface area contributed by atoms with Crippen LogP contribution in [0.25, 0.3) is 0 Å². The highest BCUT2D eigenvalue weighted by atomic mass is 35.5. The molecule has 0 saturated carbocycles. The summed E-state index contributed by atoms with van der Waals surface area (Å²) in [7, 11) is 1.75. The zero-order chi connectivity index (χ0) is 14.6. The van der Waals surface area contributed by atoms with Gasteiger partial charge in [-0.15, -0.1) is 0 Å². The van der Waals surface area contributed by atoms with Crippen molar-refractivity contribution in [2.45, 2.75) is 32.9 Å². The number of rotatable bonds is 5. The van der Waals surface area contributed by atoms with Crippen LogP contribution in [0.15, 0.2) is 18.2 Å². The normalized spacial score (nSPS) is 12.4. The Labute approximate surface area is 119 Å². The van der Waals surface area contributed by atoms with Crippen molar-refractivity contribution < 1.29 is 9.53 Å². The number of halogens is 1. The molecule has 5 heteroatoms. The molecule has 1 rings (SSSR count). The Morgan fingerprint density at radius 3 is 2.58 bits per heavy atom. The molecule has 0 aromatic heterocycles. The van der Waals surface area contributed by atoms with E-state index in [9.17, 15) is 4.79 Å². The minimum Gasteiger partial charge on any atom is -0.483 e. The number of nitrogens with zero attached hydrogens (tertiary/aromatic N) is 1. The second-order valence-electron chi connectivity index (χ2n) is 4.86. The summed E-state index contributed by atoms with van der Waals surface area (Å²) >= 11 is 5.93. The number of carbonyl (C=O) groups excluding carboxylic acids is 1. The second-order valence-corrected chi connectivity index (χ2v) is 5.29. The number of benzene rings is 1. The first-order valence-electron chi connectivity index (χ1n) is 6.26. The summed E-state index contributed by atoms with van der Waals surface area (Å²) < 4.78 is 5.56. The van der Waals surface area contributed by atoms with Crippen LogP contribution in [0.2, 0.25) is 5.02 Å². The average molecular weight is 285 g/mol. The molecule has 1 aromatic rings. The van der Waals surface area contributed by atoms with E-state index < -0.39 is 0 Å². The molecule has 0 bridgehead atoms. The molecule has 0 fully saturated rings. The summed E-state index contributed by atoms with van der Waals surface area (Å²) in [5.41, 5.74) is 6.66. The molecule has 0 unspecified atom stereocenters. The fraction of sp³-hybridized carbons (Fsp3) is 0.500. The number of amides is 1. The number of nitrogens with two attached hydrogens (primary N) is 1. The van der Waals surface area contributed by atoms with Crippen molar-refractivity contribution in [3.63, 3.8) is 0 Å². The van der Waals surface area contributed by atoms with Crippen LogP contribution in [-0.4, -0.2) is 30.5 Å². The van der Waals surface area contributed by atoms with Crippen molar-refractivity contribution in [2.75, 3.05) is 13.7 Å². The van der Waals surface area contributed by atoms with E-state index >= 15 is 0 Å². The van der Waals surface area contributed by atoms with Crippen LogP contribution in [-0.2, 0) is 4.79 Å². The molecular formula is C14H21ClN2O2. The van der Waals surface area contributed by atoms with Crippen molar-refractivity contribution in [3.05, 3.63) is 28.8 Å². The molecule has 19 heavy (non-hydrogen) atoms. The Morgan fingerprint density at radius 2 is 2.05 bits per heavy atom. The minimum absolute atomic E-state index is 0.00394. The molecule has 0 heterocycles. The Bertz CT molecular complexity index is 447. The van der Waals surface area contributed by atoms with Gasteiger partial charge in [-0.3, -0.25) is 4.79 Å². The first-order chi connectivity index (χ1) is 8.82. The molecule has 4 nitrogen and oxygen atoms in total. The lowest BCUT2D eigenvalue weighted by Gasteiger charge is -2.22. The van der Waals surface area contributed by atoms with Gasteiger partial charge in [0.1, 0.15) is 5.75 Å². The van der Waals surface area contributed by atoms with E-state index in [2.05, 4.69) is 0 Å². The van der Waals surface area contributed by atoms with Gasteiger partial charge in [0, 0.05) is 29.7 Å². The predicted octanol–water partition coefficient (Wildman–Crippen LogP) is 2.61. The van der Waals surface area contributed by atoms with Crippen LogP contribution >= 0.6 is 11.6 Å². The van der Waals surface area contributed by atoms with Gasteiger partial charge in [-0.1, -0.05) is 11.6 Å². The van der Waals surface area contributed by atoms with Crippen LogP contribution < -0.4 is 10.5 Å². The van der Waals surface area contributed by atoms with Crippen LogP contribution in [0.4, 0.5) is 0 Å². The highest BCUT2D eigenvalue weighted by molar-refractivity contribution is 6.30. The van der Waals surface area contributed by atoms with E-state index in [1.165, 1.54) is 0 Å². The Balaban J connectivity index is 2.75. The van der Waals surface area contributed by atoms with Gasteiger partial charge in [-0.05, 0) is 39.0 Å². The summed E-state index contributed by atoms with van der Waals surface area (Å²) in [6.45, 7) is 5.75. The van der Waals surface area contributed by atoms with Gasteiger partial charge < -0.3 is 15.4 Å². The van der Waals surface area contributed by atoms with Gasteiger partial charge >= 0.3 is 0 Å². The van der Waals surface area contributed by atoms with E-state index in [-0.39, 0.29) is 24.6 Å². The van der Waals surface area contributed by atoms with E-state index in [0.29, 0.717) is 10.8 Å². The maximum atomic E-state index is 11.8. The number of ether oxygens (including phenoxy) is 1. The van der Waals surface area contributed by atoms with Gasteiger partial charge in [0.2, 0.25) is 0 Å². The first-order valence-corrected chi connectivity index (χ1v) is 6.64. The van der Waals surface area contributed by atoms with E-state index in [1.54, 1.807) is 30.1 Å². The highest BCUT2D eigenvalue weighted by Crippen LogP contribution is 2.27. The summed E-state index contributed by atoms with van der Waals surface area (Å²) in [5.74, 6) is 0.533. The summed E-state index contributed by atoms with van der Waals surface area (Å²) in [6.07, 6.45) is 0. The zero-order valence-corrected chi connectivity index (χ0v) is 12.6. The molecule has 0 aliphatic heterocycles. The predicted molar refractivity (Wildman–Crippen MR) is 77.5 cm³/mol. The Morgan fingerprint density at radius 1 is 1.42 bits per heavy atom. The second kappa shape index (κ2) is 6.78. The maximum Gasteiger partial charge on any atom is 0.260 e. The average Bonchev–Trinajstić information content (AvgIpc) is 2.35. The van der Waals surface area contributed by atoms with Crippen molar-refractivity contribution in [1.29, 1.82) is 0 Å². The van der Waals surface area contributed by atoms with E-state index in [4.69, 9.17) is 22.1 Å². The van der Waals surface area contributed by atoms with Crippen LogP contribution in [0, 0.1) is 0 Å². The quantitative estimate of drug-likeness (QED) is 0.904. The first kappa shape index (κ1) is 15.8. The lowest BCUT2D eigenvalue weighted by atomic mass is 10.1. The lowest BCUT2D eigenvalue weighted by molar-refractivity contribution is -0.133. The van der Waals surface area contributed by atoms with E-state index in [0.717, 1.165) is 5.56 Å². The Hall–Kier alpha value is -1.26. The van der Waals surface area contributed by atoms with Crippen molar-refractivity contribution in [2.24, 2.45) is 5.73 Å². The van der Waals surface area contributed by atoms with Crippen LogP contribution in [0.3, 0.4) is 0 Å². The topological polar surface area (TPSA) is 55.6 Å². The number of hydrogen-bond acceptors (Lipinski definition) is 3. The van der Waals surface area contributed by atoms with Gasteiger partial charge in [-0.25, -0.2) is 0 Å². The van der Waals surface area contributed by atoms with Crippen molar-refractivity contribution in [3.8, 4) is 5.75 Å². The molecular weight excluding hydrogens is 264 g/mol. The number of carbonyl (C=O) groups is 1. The smallest absolute Gasteiger partial charge is 0.260 e. The Kier molecular flexibility index (Phi) is 5.63. The molecule has 1 amide bonds. The molecule has 0 spiro atoms. The van der Waals surface area contributed by atoms with Gasteiger partial charge in [-0.2, -0.15) is 0 Å². The molecule has 0 aliphatic carbocycles. The van der Waals surface area contributed by atoms with Crippen molar-refractivity contribution in [1.82, 2.24) is 4.90 Å². The number of hydrogen-bond donors (Lipinski definition) is 1. The molecule has 0 aliphatic rings. The third-order valence-electron chi connectivity index (χ3n) is 2.98. The van der Waals surface area contributed by atoms with Gasteiger partial charge in [0.05, 0.1) is 0 Å².